The van der Waals surface area contributed by atoms with Crippen molar-refractivity contribution in [3.05, 3.63) is 58.1 Å². The molecule has 162 valence electrons. The van der Waals surface area contributed by atoms with E-state index in [0.717, 1.165) is 17.7 Å². The number of aryl methyl sites for hydroxylation is 1. The number of amides is 1. The number of ketones is 1. The maximum absolute atomic E-state index is 12.9. The molecule has 2 aromatic carbocycles. The van der Waals surface area contributed by atoms with Crippen molar-refractivity contribution in [1.29, 1.82) is 0 Å². The highest BCUT2D eigenvalue weighted by molar-refractivity contribution is 6.36. The number of alkyl halides is 3. The van der Waals surface area contributed by atoms with Crippen LogP contribution >= 0.6 is 11.6 Å². The molecule has 0 saturated carbocycles. The van der Waals surface area contributed by atoms with E-state index in [0.29, 0.717) is 24.3 Å². The Morgan fingerprint density at radius 2 is 1.67 bits per heavy atom. The van der Waals surface area contributed by atoms with Gasteiger partial charge in [-0.05, 0) is 48.2 Å². The van der Waals surface area contributed by atoms with Gasteiger partial charge in [-0.15, -0.1) is 0 Å². The number of carbonyl (C=O) groups is 2. The smallest absolute Gasteiger partial charge is 0.417 e. The molecule has 2 rings (SSSR count). The van der Waals surface area contributed by atoms with E-state index in [1.54, 1.807) is 12.1 Å². The molecule has 0 aliphatic heterocycles. The van der Waals surface area contributed by atoms with Gasteiger partial charge >= 0.3 is 6.18 Å². The number of benzene rings is 2. The van der Waals surface area contributed by atoms with E-state index in [1.165, 1.54) is 20.3 Å². The van der Waals surface area contributed by atoms with Gasteiger partial charge < -0.3 is 14.8 Å². The second-order valence-corrected chi connectivity index (χ2v) is 6.87. The summed E-state index contributed by atoms with van der Waals surface area (Å²) in [5.41, 5.74) is 0.122. The molecule has 30 heavy (non-hydrogen) atoms. The Labute approximate surface area is 177 Å². The molecule has 0 radical (unpaired) electrons. The van der Waals surface area contributed by atoms with E-state index in [2.05, 4.69) is 5.32 Å². The number of hydrogen-bond acceptors (Lipinski definition) is 4. The second-order valence-electron chi connectivity index (χ2n) is 6.46. The molecule has 2 aromatic rings. The highest BCUT2D eigenvalue weighted by Gasteiger charge is 2.33. The lowest BCUT2D eigenvalue weighted by molar-refractivity contribution is -0.138. The topological polar surface area (TPSA) is 64.6 Å². The molecule has 9 heteroatoms. The standard InChI is InChI=1S/C21H21ClF3NO4/c1-29-18-9-7-13(11-19(18)30-2)4-3-5-17(27)20(28)26-12-14-6-8-16(22)15(10-14)21(23,24)25/h6-11H,3-5,12H2,1-2H3,(H,26,28). The zero-order valence-corrected chi connectivity index (χ0v) is 17.2. The van der Waals surface area contributed by atoms with Crippen molar-refractivity contribution < 1.29 is 32.2 Å². The van der Waals surface area contributed by atoms with Gasteiger partial charge in [0.25, 0.3) is 5.91 Å². The Balaban J connectivity index is 1.85. The van der Waals surface area contributed by atoms with Crippen molar-refractivity contribution >= 4 is 23.3 Å². The van der Waals surface area contributed by atoms with Crippen molar-refractivity contribution in [2.24, 2.45) is 0 Å². The zero-order valence-electron chi connectivity index (χ0n) is 16.4. The van der Waals surface area contributed by atoms with Gasteiger partial charge in [-0.1, -0.05) is 23.7 Å². The molecule has 0 atom stereocenters. The van der Waals surface area contributed by atoms with Crippen LogP contribution in [0.5, 0.6) is 11.5 Å². The van der Waals surface area contributed by atoms with Crippen LogP contribution in [0.4, 0.5) is 13.2 Å². The van der Waals surface area contributed by atoms with Crippen LogP contribution in [-0.4, -0.2) is 25.9 Å². The average molecular weight is 444 g/mol. The molecule has 0 aromatic heterocycles. The first-order valence-electron chi connectivity index (χ1n) is 9.03. The van der Waals surface area contributed by atoms with Gasteiger partial charge in [0.1, 0.15) is 0 Å². The SMILES string of the molecule is COc1ccc(CCCC(=O)C(=O)NCc2ccc(Cl)c(C(F)(F)F)c2)cc1OC. The van der Waals surface area contributed by atoms with Crippen molar-refractivity contribution in [3.63, 3.8) is 0 Å². The number of halogens is 4. The summed E-state index contributed by atoms with van der Waals surface area (Å²) in [4.78, 5) is 23.9. The van der Waals surface area contributed by atoms with Gasteiger partial charge in [-0.2, -0.15) is 13.2 Å². The molecule has 0 heterocycles. The second kappa shape index (κ2) is 10.3. The third-order valence-corrected chi connectivity index (χ3v) is 4.69. The van der Waals surface area contributed by atoms with E-state index in [1.807, 2.05) is 6.07 Å². The normalized spacial score (nSPS) is 11.1. The van der Waals surface area contributed by atoms with Gasteiger partial charge in [0, 0.05) is 13.0 Å². The van der Waals surface area contributed by atoms with Gasteiger partial charge in [0.2, 0.25) is 5.78 Å². The molecular weight excluding hydrogens is 423 g/mol. The fraction of sp³-hybridized carbons (Fsp3) is 0.333. The van der Waals surface area contributed by atoms with Gasteiger partial charge in [-0.25, -0.2) is 0 Å². The maximum Gasteiger partial charge on any atom is 0.417 e. The first-order chi connectivity index (χ1) is 14.2. The van der Waals surface area contributed by atoms with Crippen LogP contribution in [0, 0.1) is 0 Å². The van der Waals surface area contributed by atoms with Crippen LogP contribution in [0.15, 0.2) is 36.4 Å². The molecular formula is C21H21ClF3NO4. The Bertz CT molecular complexity index is 916. The van der Waals surface area contributed by atoms with Crippen molar-refractivity contribution in [3.8, 4) is 11.5 Å². The number of nitrogens with one attached hydrogen (secondary N) is 1. The predicted octanol–water partition coefficient (Wildman–Crippen LogP) is 4.58. The summed E-state index contributed by atoms with van der Waals surface area (Å²) in [6, 6.07) is 8.71. The zero-order chi connectivity index (χ0) is 22.3. The Kier molecular flexibility index (Phi) is 8.11. The molecule has 0 saturated heterocycles. The minimum Gasteiger partial charge on any atom is -0.493 e. The fourth-order valence-electron chi connectivity index (χ4n) is 2.78. The first-order valence-corrected chi connectivity index (χ1v) is 9.41. The first kappa shape index (κ1) is 23.5. The van der Waals surface area contributed by atoms with Gasteiger partial charge in [0.05, 0.1) is 24.8 Å². The average Bonchev–Trinajstić information content (AvgIpc) is 2.71. The number of ether oxygens (including phenoxy) is 2. The molecule has 0 bridgehead atoms. The Morgan fingerprint density at radius 3 is 2.30 bits per heavy atom. The van der Waals surface area contributed by atoms with E-state index in [-0.39, 0.29) is 18.5 Å². The number of rotatable bonds is 9. The summed E-state index contributed by atoms with van der Waals surface area (Å²) in [5.74, 6) is -0.320. The fourth-order valence-corrected chi connectivity index (χ4v) is 3.01. The molecule has 0 unspecified atom stereocenters. The third-order valence-electron chi connectivity index (χ3n) is 4.36. The number of Topliss-reactive ketones (excluding diaryl/α,β-unsaturated/α-hetero) is 1. The summed E-state index contributed by atoms with van der Waals surface area (Å²) in [5, 5.41) is 1.92. The molecule has 0 spiro atoms. The quantitative estimate of drug-likeness (QED) is 0.576. The van der Waals surface area contributed by atoms with E-state index < -0.39 is 28.5 Å². The van der Waals surface area contributed by atoms with Gasteiger partial charge in [-0.3, -0.25) is 9.59 Å². The largest absolute Gasteiger partial charge is 0.493 e. The highest BCUT2D eigenvalue weighted by atomic mass is 35.5. The summed E-state index contributed by atoms with van der Waals surface area (Å²) < 4.78 is 49.0. The van der Waals surface area contributed by atoms with Crippen LogP contribution in [0.2, 0.25) is 5.02 Å². The van der Waals surface area contributed by atoms with E-state index in [9.17, 15) is 22.8 Å². The molecule has 5 nitrogen and oxygen atoms in total. The summed E-state index contributed by atoms with van der Waals surface area (Å²) in [6.45, 7) is -0.208. The lowest BCUT2D eigenvalue weighted by atomic mass is 10.1. The van der Waals surface area contributed by atoms with E-state index >= 15 is 0 Å². The van der Waals surface area contributed by atoms with Crippen molar-refractivity contribution in [1.82, 2.24) is 5.32 Å². The Morgan fingerprint density at radius 1 is 1.00 bits per heavy atom. The summed E-state index contributed by atoms with van der Waals surface area (Å²) in [6.07, 6.45) is -3.61. The number of hydrogen-bond donors (Lipinski definition) is 1. The van der Waals surface area contributed by atoms with E-state index in [4.69, 9.17) is 21.1 Å². The molecule has 0 fully saturated rings. The van der Waals surface area contributed by atoms with Crippen molar-refractivity contribution in [2.75, 3.05) is 14.2 Å². The van der Waals surface area contributed by atoms with Crippen LogP contribution in [0.3, 0.4) is 0 Å². The molecule has 1 N–H and O–H groups in total. The number of methoxy groups -OCH3 is 2. The lowest BCUT2D eigenvalue weighted by Gasteiger charge is -2.11. The molecule has 0 aliphatic rings. The van der Waals surface area contributed by atoms with Crippen LogP contribution in [0.25, 0.3) is 0 Å². The minimum absolute atomic E-state index is 0.00853. The van der Waals surface area contributed by atoms with Gasteiger partial charge in [0.15, 0.2) is 11.5 Å². The summed E-state index contributed by atoms with van der Waals surface area (Å²) >= 11 is 5.56. The lowest BCUT2D eigenvalue weighted by Crippen LogP contribution is -2.30. The molecule has 0 aliphatic carbocycles. The highest BCUT2D eigenvalue weighted by Crippen LogP contribution is 2.35. The molecule has 1 amide bonds. The number of carbonyl (C=O) groups excluding carboxylic acids is 2. The van der Waals surface area contributed by atoms with Crippen molar-refractivity contribution in [2.45, 2.75) is 32.0 Å². The minimum atomic E-state index is -4.60. The van der Waals surface area contributed by atoms with Crippen LogP contribution < -0.4 is 14.8 Å². The van der Waals surface area contributed by atoms with Crippen LogP contribution in [-0.2, 0) is 28.7 Å². The maximum atomic E-state index is 12.9. The predicted molar refractivity (Wildman–Crippen MR) is 106 cm³/mol. The third kappa shape index (κ3) is 6.38. The monoisotopic (exact) mass is 443 g/mol. The summed E-state index contributed by atoms with van der Waals surface area (Å²) in [7, 11) is 3.05. The van der Waals surface area contributed by atoms with Crippen LogP contribution in [0.1, 0.15) is 29.5 Å². The Hall–Kier alpha value is -2.74.